The highest BCUT2D eigenvalue weighted by Crippen LogP contribution is 2.00. The molecule has 11 heavy (non-hydrogen) atoms. The van der Waals surface area contributed by atoms with E-state index < -0.39 is 22.0 Å². The predicted molar refractivity (Wildman–Crippen MR) is 33.7 cm³/mol. The number of aromatic amines is 1. The molecule has 1 heterocycles. The summed E-state index contributed by atoms with van der Waals surface area (Å²) in [6.07, 6.45) is 0.653. The highest BCUT2D eigenvalue weighted by atomic mass is 19.1. The molecule has 0 atom stereocenters. The first-order chi connectivity index (χ1) is 5.11. The van der Waals surface area contributed by atoms with Crippen molar-refractivity contribution >= 4 is 5.82 Å². The molecule has 0 radical (unpaired) electrons. The third-order valence-corrected chi connectivity index (χ3v) is 1.05. The fourth-order valence-corrected chi connectivity index (χ4v) is 0.549. The Balaban J connectivity index is 3.26. The van der Waals surface area contributed by atoms with Crippen molar-refractivity contribution in [1.29, 1.82) is 0 Å². The van der Waals surface area contributed by atoms with Gasteiger partial charge < -0.3 is 10.1 Å². The molecule has 1 aromatic rings. The molecule has 0 saturated heterocycles. The number of hydrogen-bond acceptors (Lipinski definition) is 3. The topological polar surface area (TPSA) is 76.0 Å². The van der Waals surface area contributed by atoms with Crippen LogP contribution in [0.15, 0.2) is 17.1 Å². The molecule has 0 unspecified atom stereocenters. The lowest BCUT2D eigenvalue weighted by Gasteiger charge is -1.90. The molecule has 0 amide bonds. The Hall–Kier alpha value is -1.72. The minimum absolute atomic E-state index is 0.517. The molecule has 6 heteroatoms. The van der Waals surface area contributed by atoms with Gasteiger partial charge in [-0.05, 0) is 4.92 Å². The van der Waals surface area contributed by atoms with Crippen molar-refractivity contribution in [2.45, 2.75) is 0 Å². The second-order valence-corrected chi connectivity index (χ2v) is 1.79. The number of H-pyrrole nitrogens is 1. The molecule has 5 nitrogen and oxygen atoms in total. The van der Waals surface area contributed by atoms with E-state index in [1.54, 1.807) is 0 Å². The zero-order valence-corrected chi connectivity index (χ0v) is 5.20. The zero-order chi connectivity index (χ0) is 8.43. The van der Waals surface area contributed by atoms with Crippen LogP contribution in [0.4, 0.5) is 10.2 Å². The highest BCUT2D eigenvalue weighted by molar-refractivity contribution is 5.17. The van der Waals surface area contributed by atoms with Crippen molar-refractivity contribution in [3.8, 4) is 0 Å². The van der Waals surface area contributed by atoms with Crippen molar-refractivity contribution < 1.29 is 9.31 Å². The molecule has 0 spiro atoms. The van der Waals surface area contributed by atoms with Gasteiger partial charge in [-0.25, -0.2) is 4.98 Å². The van der Waals surface area contributed by atoms with E-state index in [1.165, 1.54) is 0 Å². The molecule has 0 aromatic carbocycles. The maximum atomic E-state index is 12.2. The van der Waals surface area contributed by atoms with Crippen LogP contribution in [0.3, 0.4) is 0 Å². The van der Waals surface area contributed by atoms with Crippen molar-refractivity contribution in [3.05, 3.63) is 38.4 Å². The molecule has 0 aliphatic rings. The van der Waals surface area contributed by atoms with Gasteiger partial charge in [0.2, 0.25) is 11.2 Å². The van der Waals surface area contributed by atoms with E-state index in [0.29, 0.717) is 12.3 Å². The molecule has 1 aromatic heterocycles. The fourth-order valence-electron chi connectivity index (χ4n) is 0.549. The Morgan fingerprint density at radius 2 is 2.27 bits per heavy atom. The molecule has 0 fully saturated rings. The van der Waals surface area contributed by atoms with Gasteiger partial charge in [0, 0.05) is 0 Å². The molecule has 0 aliphatic heterocycles. The Bertz CT molecular complexity index is 346. The summed E-state index contributed by atoms with van der Waals surface area (Å²) in [4.78, 5) is 21.6. The van der Waals surface area contributed by atoms with E-state index in [2.05, 4.69) is 0 Å². The maximum absolute atomic E-state index is 12.2. The van der Waals surface area contributed by atoms with Crippen molar-refractivity contribution in [3.63, 3.8) is 0 Å². The minimum atomic E-state index is -1.03. The zero-order valence-electron chi connectivity index (χ0n) is 5.20. The van der Waals surface area contributed by atoms with Crippen LogP contribution < -0.4 is 5.43 Å². The first kappa shape index (κ1) is 7.39. The maximum Gasteiger partial charge on any atom is 0.324 e. The van der Waals surface area contributed by atoms with Crippen LogP contribution in [-0.2, 0) is 0 Å². The molecule has 1 N–H and O–H groups in total. The van der Waals surface area contributed by atoms with E-state index in [-0.39, 0.29) is 0 Å². The van der Waals surface area contributed by atoms with E-state index in [1.807, 2.05) is 4.98 Å². The molecule has 0 aliphatic carbocycles. The Morgan fingerprint density at radius 3 is 2.73 bits per heavy atom. The third-order valence-electron chi connectivity index (χ3n) is 1.05. The van der Waals surface area contributed by atoms with Gasteiger partial charge in [0.25, 0.3) is 0 Å². The fraction of sp³-hybridized carbons (Fsp3) is 0. The SMILES string of the molecule is O=c1cc([N+](=O)[O-])[nH]cc1F. The number of rotatable bonds is 1. The van der Waals surface area contributed by atoms with Gasteiger partial charge in [-0.3, -0.25) is 4.79 Å². The summed E-state index contributed by atoms with van der Waals surface area (Å²) in [5.74, 6) is -1.55. The minimum Gasteiger partial charge on any atom is -0.358 e. The number of nitrogens with zero attached hydrogens (tertiary/aromatic N) is 1. The van der Waals surface area contributed by atoms with Gasteiger partial charge in [0.15, 0.2) is 0 Å². The van der Waals surface area contributed by atoms with Crippen molar-refractivity contribution in [2.75, 3.05) is 0 Å². The first-order valence-electron chi connectivity index (χ1n) is 2.64. The molecular weight excluding hydrogens is 155 g/mol. The smallest absolute Gasteiger partial charge is 0.324 e. The number of hydrogen-bond donors (Lipinski definition) is 1. The normalized spacial score (nSPS) is 9.55. The summed E-state index contributed by atoms with van der Waals surface area (Å²) in [6, 6.07) is 0.593. The van der Waals surface area contributed by atoms with Crippen LogP contribution in [0.1, 0.15) is 0 Å². The first-order valence-corrected chi connectivity index (χ1v) is 2.64. The Morgan fingerprint density at radius 1 is 1.64 bits per heavy atom. The average Bonchev–Trinajstić information content (AvgIpc) is 1.94. The summed E-state index contributed by atoms with van der Waals surface area (Å²) in [6.45, 7) is 0. The Kier molecular flexibility index (Phi) is 1.67. The lowest BCUT2D eigenvalue weighted by atomic mass is 10.4. The van der Waals surface area contributed by atoms with Gasteiger partial charge in [-0.15, -0.1) is 0 Å². The number of aromatic nitrogens is 1. The summed E-state index contributed by atoms with van der Waals surface area (Å²) in [7, 11) is 0. The molecule has 0 bridgehead atoms. The quantitative estimate of drug-likeness (QED) is 0.475. The number of halogens is 1. The van der Waals surface area contributed by atoms with Gasteiger partial charge >= 0.3 is 5.82 Å². The summed E-state index contributed by atoms with van der Waals surface area (Å²) in [5.41, 5.74) is -0.990. The number of nitrogens with one attached hydrogen (secondary N) is 1. The number of nitro groups is 1. The van der Waals surface area contributed by atoms with Crippen molar-refractivity contribution in [2.24, 2.45) is 0 Å². The Labute approximate surface area is 59.6 Å². The predicted octanol–water partition coefficient (Wildman–Crippen LogP) is 0.422. The molecule has 58 valence electrons. The van der Waals surface area contributed by atoms with Crippen LogP contribution in [0.5, 0.6) is 0 Å². The molecule has 0 saturated carbocycles. The van der Waals surface area contributed by atoms with Gasteiger partial charge in [0.05, 0.1) is 6.07 Å². The average molecular weight is 158 g/mol. The van der Waals surface area contributed by atoms with Crippen LogP contribution in [0.2, 0.25) is 0 Å². The second kappa shape index (κ2) is 2.49. The summed E-state index contributed by atoms with van der Waals surface area (Å²) < 4.78 is 12.2. The lowest BCUT2D eigenvalue weighted by molar-refractivity contribution is -0.389. The standard InChI is InChI=1S/C5H3FN2O3/c6-3-2-7-5(8(10)11)1-4(3)9/h1-2H,(H,7,9). The van der Waals surface area contributed by atoms with Crippen LogP contribution in [-0.4, -0.2) is 9.91 Å². The monoisotopic (exact) mass is 158 g/mol. The third kappa shape index (κ3) is 1.40. The van der Waals surface area contributed by atoms with E-state index in [0.717, 1.165) is 0 Å². The van der Waals surface area contributed by atoms with E-state index >= 15 is 0 Å². The van der Waals surface area contributed by atoms with E-state index in [9.17, 15) is 19.3 Å². The lowest BCUT2D eigenvalue weighted by Crippen LogP contribution is -2.07. The van der Waals surface area contributed by atoms with Crippen molar-refractivity contribution in [1.82, 2.24) is 4.98 Å². The largest absolute Gasteiger partial charge is 0.358 e. The van der Waals surface area contributed by atoms with E-state index in [4.69, 9.17) is 0 Å². The summed E-state index contributed by atoms with van der Waals surface area (Å²) in [5, 5.41) is 9.98. The van der Waals surface area contributed by atoms with Gasteiger partial charge in [-0.1, -0.05) is 0 Å². The molecular formula is C5H3FN2O3. The van der Waals surface area contributed by atoms with Gasteiger partial charge in [0.1, 0.15) is 6.20 Å². The van der Waals surface area contributed by atoms with Crippen LogP contribution in [0, 0.1) is 15.9 Å². The second-order valence-electron chi connectivity index (χ2n) is 1.79. The van der Waals surface area contributed by atoms with Crippen LogP contribution in [0.25, 0.3) is 0 Å². The highest BCUT2D eigenvalue weighted by Gasteiger charge is 2.06. The summed E-state index contributed by atoms with van der Waals surface area (Å²) >= 11 is 0. The number of pyridine rings is 1. The molecule has 1 rings (SSSR count). The van der Waals surface area contributed by atoms with Crippen LogP contribution >= 0.6 is 0 Å². The van der Waals surface area contributed by atoms with Gasteiger partial charge in [-0.2, -0.15) is 4.39 Å².